The third-order valence-corrected chi connectivity index (χ3v) is 4.33. The van der Waals surface area contributed by atoms with Gasteiger partial charge in [-0.05, 0) is 12.1 Å². The van der Waals surface area contributed by atoms with E-state index in [1.54, 1.807) is 0 Å². The van der Waals surface area contributed by atoms with Gasteiger partial charge in [-0.2, -0.15) is 0 Å². The summed E-state index contributed by atoms with van der Waals surface area (Å²) >= 11 is 6.73. The van der Waals surface area contributed by atoms with Crippen molar-refractivity contribution in [2.45, 2.75) is 4.90 Å². The molecule has 1 aromatic rings. The molecule has 16 heavy (non-hydrogen) atoms. The summed E-state index contributed by atoms with van der Waals surface area (Å²) < 4.78 is 34.9. The van der Waals surface area contributed by atoms with Crippen LogP contribution in [0.4, 0.5) is 10.1 Å². The van der Waals surface area contributed by atoms with Gasteiger partial charge in [-0.3, -0.25) is 0 Å². The first-order valence-corrected chi connectivity index (χ1v) is 7.77. The Morgan fingerprint density at radius 3 is 2.69 bits per heavy atom. The maximum atomic E-state index is 13.1. The molecule has 3 nitrogen and oxygen atoms in total. The fourth-order valence-corrected chi connectivity index (χ4v) is 3.32. The number of anilines is 1. The molecule has 0 aromatic heterocycles. The summed E-state index contributed by atoms with van der Waals surface area (Å²) in [6, 6.07) is 2.53. The zero-order valence-corrected chi connectivity index (χ0v) is 10.9. The predicted octanol–water partition coefficient (Wildman–Crippen LogP) is 2.20. The van der Waals surface area contributed by atoms with E-state index < -0.39 is 15.7 Å². The summed E-state index contributed by atoms with van der Waals surface area (Å²) in [5.41, 5.74) is 5.97. The van der Waals surface area contributed by atoms with Crippen molar-refractivity contribution in [3.05, 3.63) is 23.0 Å². The lowest BCUT2D eigenvalue weighted by Gasteiger charge is -2.06. The summed E-state index contributed by atoms with van der Waals surface area (Å²) in [6.45, 7) is 0. The standard InChI is InChI=1S/C9H11ClFNO2S2/c1-16(13,14)3-2-15-9-5-7(11)6(10)4-8(9)12/h4-5H,2-3,12H2,1H3. The molecule has 0 radical (unpaired) electrons. The van der Waals surface area contributed by atoms with Crippen LogP contribution in [-0.4, -0.2) is 26.2 Å². The van der Waals surface area contributed by atoms with Gasteiger partial charge in [0.05, 0.1) is 10.8 Å². The van der Waals surface area contributed by atoms with Crippen LogP contribution in [0.25, 0.3) is 0 Å². The van der Waals surface area contributed by atoms with E-state index >= 15 is 0 Å². The zero-order valence-electron chi connectivity index (χ0n) is 8.54. The first-order chi connectivity index (χ1) is 7.29. The maximum absolute atomic E-state index is 13.1. The van der Waals surface area contributed by atoms with Crippen molar-refractivity contribution in [2.75, 3.05) is 23.5 Å². The van der Waals surface area contributed by atoms with Crippen molar-refractivity contribution in [1.29, 1.82) is 0 Å². The fourth-order valence-electron chi connectivity index (χ4n) is 0.972. The highest BCUT2D eigenvalue weighted by Gasteiger charge is 2.08. The van der Waals surface area contributed by atoms with Crippen molar-refractivity contribution in [3.63, 3.8) is 0 Å². The largest absolute Gasteiger partial charge is 0.398 e. The second kappa shape index (κ2) is 5.25. The highest BCUT2D eigenvalue weighted by Crippen LogP contribution is 2.29. The van der Waals surface area contributed by atoms with Crippen molar-refractivity contribution in [3.8, 4) is 0 Å². The van der Waals surface area contributed by atoms with E-state index in [0.29, 0.717) is 16.3 Å². The highest BCUT2D eigenvalue weighted by molar-refractivity contribution is 8.00. The molecular formula is C9H11ClFNO2S2. The average molecular weight is 284 g/mol. The molecule has 1 aromatic carbocycles. The summed E-state index contributed by atoms with van der Waals surface area (Å²) in [6.07, 6.45) is 1.15. The first kappa shape index (κ1) is 13.6. The summed E-state index contributed by atoms with van der Waals surface area (Å²) in [4.78, 5) is 0.505. The summed E-state index contributed by atoms with van der Waals surface area (Å²) in [7, 11) is -3.01. The molecule has 0 saturated carbocycles. The number of hydrogen-bond donors (Lipinski definition) is 1. The van der Waals surface area contributed by atoms with E-state index in [4.69, 9.17) is 17.3 Å². The number of hydrogen-bond acceptors (Lipinski definition) is 4. The minimum atomic E-state index is -3.01. The highest BCUT2D eigenvalue weighted by atomic mass is 35.5. The molecule has 0 aliphatic heterocycles. The molecule has 0 saturated heterocycles. The number of thioether (sulfide) groups is 1. The van der Waals surface area contributed by atoms with Gasteiger partial charge in [0, 0.05) is 22.6 Å². The van der Waals surface area contributed by atoms with Crippen LogP contribution in [0.1, 0.15) is 0 Å². The van der Waals surface area contributed by atoms with Gasteiger partial charge >= 0.3 is 0 Å². The van der Waals surface area contributed by atoms with Crippen LogP contribution < -0.4 is 5.73 Å². The predicted molar refractivity (Wildman–Crippen MR) is 66.3 cm³/mol. The molecular weight excluding hydrogens is 273 g/mol. The molecule has 0 unspecified atom stereocenters. The molecule has 0 spiro atoms. The third kappa shape index (κ3) is 4.19. The molecule has 0 amide bonds. The van der Waals surface area contributed by atoms with Gasteiger partial charge < -0.3 is 5.73 Å². The van der Waals surface area contributed by atoms with Gasteiger partial charge in [-0.15, -0.1) is 11.8 Å². The molecule has 0 aliphatic rings. The topological polar surface area (TPSA) is 60.2 Å². The van der Waals surface area contributed by atoms with Crippen LogP contribution in [0.5, 0.6) is 0 Å². The van der Waals surface area contributed by atoms with E-state index in [9.17, 15) is 12.8 Å². The van der Waals surface area contributed by atoms with Crippen LogP contribution in [-0.2, 0) is 9.84 Å². The third-order valence-electron chi connectivity index (χ3n) is 1.76. The monoisotopic (exact) mass is 283 g/mol. The fraction of sp³-hybridized carbons (Fsp3) is 0.333. The average Bonchev–Trinajstić information content (AvgIpc) is 2.11. The molecule has 0 aliphatic carbocycles. The normalized spacial score (nSPS) is 11.7. The van der Waals surface area contributed by atoms with E-state index in [-0.39, 0.29) is 10.8 Å². The SMILES string of the molecule is CS(=O)(=O)CCSc1cc(F)c(Cl)cc1N. The van der Waals surface area contributed by atoms with Crippen LogP contribution in [0.3, 0.4) is 0 Å². The number of benzene rings is 1. The van der Waals surface area contributed by atoms with Gasteiger partial charge in [0.2, 0.25) is 0 Å². The molecule has 7 heteroatoms. The second-order valence-electron chi connectivity index (χ2n) is 3.28. The Morgan fingerprint density at radius 2 is 2.12 bits per heavy atom. The number of nitrogen functional groups attached to an aromatic ring is 1. The lowest BCUT2D eigenvalue weighted by Crippen LogP contribution is -2.05. The molecule has 0 heterocycles. The Morgan fingerprint density at radius 1 is 1.50 bits per heavy atom. The van der Waals surface area contributed by atoms with Gasteiger partial charge in [-0.25, -0.2) is 12.8 Å². The van der Waals surface area contributed by atoms with Crippen molar-refractivity contribution >= 4 is 38.9 Å². The smallest absolute Gasteiger partial charge is 0.148 e. The van der Waals surface area contributed by atoms with E-state index in [2.05, 4.69) is 0 Å². The Hall–Kier alpha value is -0.460. The molecule has 2 N–H and O–H groups in total. The maximum Gasteiger partial charge on any atom is 0.148 e. The molecule has 1 rings (SSSR count). The second-order valence-corrected chi connectivity index (χ2v) is 7.09. The van der Waals surface area contributed by atoms with Crippen molar-refractivity contribution < 1.29 is 12.8 Å². The van der Waals surface area contributed by atoms with E-state index in [1.165, 1.54) is 23.9 Å². The van der Waals surface area contributed by atoms with Gasteiger partial charge in [-0.1, -0.05) is 11.6 Å². The Kier molecular flexibility index (Phi) is 4.46. The zero-order chi connectivity index (χ0) is 12.3. The number of halogens is 2. The van der Waals surface area contributed by atoms with Gasteiger partial charge in [0.25, 0.3) is 0 Å². The molecule has 0 fully saturated rings. The van der Waals surface area contributed by atoms with E-state index in [0.717, 1.165) is 6.26 Å². The quantitative estimate of drug-likeness (QED) is 0.680. The molecule has 0 bridgehead atoms. The number of rotatable bonds is 4. The van der Waals surface area contributed by atoms with Gasteiger partial charge in [0.15, 0.2) is 0 Å². The lowest BCUT2D eigenvalue weighted by atomic mass is 10.3. The van der Waals surface area contributed by atoms with Crippen molar-refractivity contribution in [2.24, 2.45) is 0 Å². The lowest BCUT2D eigenvalue weighted by molar-refractivity contribution is 0.603. The minimum absolute atomic E-state index is 0.0291. The van der Waals surface area contributed by atoms with Crippen LogP contribution in [0.15, 0.2) is 17.0 Å². The van der Waals surface area contributed by atoms with E-state index in [1.807, 2.05) is 0 Å². The number of nitrogens with two attached hydrogens (primary N) is 1. The first-order valence-electron chi connectivity index (χ1n) is 4.34. The van der Waals surface area contributed by atoms with Crippen LogP contribution >= 0.6 is 23.4 Å². The number of sulfone groups is 1. The molecule has 90 valence electrons. The summed E-state index contributed by atoms with van der Waals surface area (Å²) in [5.74, 6) is -0.191. The van der Waals surface area contributed by atoms with Crippen LogP contribution in [0, 0.1) is 5.82 Å². The molecule has 0 atom stereocenters. The Balaban J connectivity index is 2.71. The van der Waals surface area contributed by atoms with Crippen molar-refractivity contribution in [1.82, 2.24) is 0 Å². The Bertz CT molecular complexity index is 491. The Labute approximate surface area is 103 Å². The summed E-state index contributed by atoms with van der Waals surface area (Å²) in [5, 5.41) is -0.0371. The van der Waals surface area contributed by atoms with Crippen LogP contribution in [0.2, 0.25) is 5.02 Å². The minimum Gasteiger partial charge on any atom is -0.398 e. The van der Waals surface area contributed by atoms with Gasteiger partial charge in [0.1, 0.15) is 15.7 Å².